The lowest BCUT2D eigenvalue weighted by atomic mass is 9.98. The fourth-order valence-electron chi connectivity index (χ4n) is 2.38. The molecule has 3 N–H and O–H groups in total. The topological polar surface area (TPSA) is 70.2 Å². The van der Waals surface area contributed by atoms with E-state index in [0.29, 0.717) is 29.4 Å². The maximum atomic E-state index is 12.3. The number of rotatable bonds is 4. The summed E-state index contributed by atoms with van der Waals surface area (Å²) in [6.45, 7) is 4.00. The number of halogens is 1. The van der Waals surface area contributed by atoms with Gasteiger partial charge >= 0.3 is 0 Å². The Morgan fingerprint density at radius 3 is 2.90 bits per heavy atom. The van der Waals surface area contributed by atoms with E-state index in [0.717, 1.165) is 19.4 Å². The molecule has 1 aliphatic rings. The van der Waals surface area contributed by atoms with Crippen LogP contribution < -0.4 is 16.0 Å². The molecule has 0 bridgehead atoms. The highest BCUT2D eigenvalue weighted by Gasteiger charge is 2.22. The summed E-state index contributed by atoms with van der Waals surface area (Å²) in [5.74, 6) is -0.360. The predicted octanol–water partition coefficient (Wildman–Crippen LogP) is 2.03. The predicted molar refractivity (Wildman–Crippen MR) is 83.7 cm³/mol. The van der Waals surface area contributed by atoms with E-state index in [1.165, 1.54) is 0 Å². The summed E-state index contributed by atoms with van der Waals surface area (Å²) >= 11 is 5.97. The number of anilines is 1. The molecular weight excluding hydrogens is 290 g/mol. The fourth-order valence-corrected chi connectivity index (χ4v) is 2.56. The Hall–Kier alpha value is -1.59. The van der Waals surface area contributed by atoms with Crippen molar-refractivity contribution in [2.24, 2.45) is 5.92 Å². The van der Waals surface area contributed by atoms with Crippen LogP contribution in [0.2, 0.25) is 5.02 Å². The summed E-state index contributed by atoms with van der Waals surface area (Å²) in [6, 6.07) is 4.88. The number of carbonyl (C=O) groups is 2. The lowest BCUT2D eigenvalue weighted by Gasteiger charge is -2.22. The maximum Gasteiger partial charge on any atom is 0.253 e. The van der Waals surface area contributed by atoms with Gasteiger partial charge in [0.1, 0.15) is 0 Å². The lowest BCUT2D eigenvalue weighted by Crippen LogP contribution is -2.37. The van der Waals surface area contributed by atoms with E-state index in [4.69, 9.17) is 11.6 Å². The Kier molecular flexibility index (Phi) is 5.59. The molecule has 6 heteroatoms. The number of hydrogen-bond donors (Lipinski definition) is 3. The Morgan fingerprint density at radius 2 is 2.24 bits per heavy atom. The first kappa shape index (κ1) is 15.8. The van der Waals surface area contributed by atoms with Crippen LogP contribution in [0.5, 0.6) is 0 Å². The molecule has 2 amide bonds. The van der Waals surface area contributed by atoms with Crippen molar-refractivity contribution in [3.63, 3.8) is 0 Å². The van der Waals surface area contributed by atoms with Gasteiger partial charge in [-0.2, -0.15) is 0 Å². The summed E-state index contributed by atoms with van der Waals surface area (Å²) in [4.78, 5) is 24.3. The molecule has 0 aromatic heterocycles. The number of piperidine rings is 1. The second kappa shape index (κ2) is 7.43. The molecule has 0 radical (unpaired) electrons. The Labute approximate surface area is 129 Å². The highest BCUT2D eigenvalue weighted by Crippen LogP contribution is 2.22. The molecule has 1 heterocycles. The van der Waals surface area contributed by atoms with Crippen LogP contribution >= 0.6 is 11.6 Å². The average Bonchev–Trinajstić information content (AvgIpc) is 2.48. The van der Waals surface area contributed by atoms with E-state index in [-0.39, 0.29) is 17.7 Å². The van der Waals surface area contributed by atoms with Gasteiger partial charge in [-0.25, -0.2) is 0 Å². The lowest BCUT2D eigenvalue weighted by molar-refractivity contribution is -0.120. The summed E-state index contributed by atoms with van der Waals surface area (Å²) in [5, 5.41) is 9.26. The van der Waals surface area contributed by atoms with E-state index in [2.05, 4.69) is 16.0 Å². The summed E-state index contributed by atoms with van der Waals surface area (Å²) in [5.41, 5.74) is 0.891. The van der Waals surface area contributed by atoms with Gasteiger partial charge in [-0.15, -0.1) is 0 Å². The molecule has 0 saturated carbocycles. The van der Waals surface area contributed by atoms with Crippen molar-refractivity contribution in [2.45, 2.75) is 19.8 Å². The van der Waals surface area contributed by atoms with Crippen LogP contribution in [0.3, 0.4) is 0 Å². The third kappa shape index (κ3) is 4.19. The number of nitrogens with one attached hydrogen (secondary N) is 3. The van der Waals surface area contributed by atoms with E-state index in [1.807, 2.05) is 6.92 Å². The zero-order chi connectivity index (χ0) is 15.2. The first-order valence-corrected chi connectivity index (χ1v) is 7.59. The van der Waals surface area contributed by atoms with Gasteiger partial charge in [0.05, 0.1) is 17.2 Å². The molecule has 1 aliphatic heterocycles. The molecule has 5 nitrogen and oxygen atoms in total. The van der Waals surface area contributed by atoms with Crippen molar-refractivity contribution in [3.8, 4) is 0 Å². The fraction of sp³-hybridized carbons (Fsp3) is 0.467. The quantitative estimate of drug-likeness (QED) is 0.797. The Morgan fingerprint density at radius 1 is 1.43 bits per heavy atom. The number of amides is 2. The van der Waals surface area contributed by atoms with Gasteiger partial charge in [0, 0.05) is 18.1 Å². The van der Waals surface area contributed by atoms with E-state index in [9.17, 15) is 9.59 Å². The van der Waals surface area contributed by atoms with Gasteiger partial charge in [-0.3, -0.25) is 9.59 Å². The van der Waals surface area contributed by atoms with Crippen molar-refractivity contribution in [1.82, 2.24) is 10.6 Å². The molecule has 21 heavy (non-hydrogen) atoms. The minimum atomic E-state index is -0.216. The van der Waals surface area contributed by atoms with Crippen LogP contribution in [-0.4, -0.2) is 31.4 Å². The minimum absolute atomic E-state index is 0.0696. The molecule has 114 valence electrons. The van der Waals surface area contributed by atoms with Crippen molar-refractivity contribution in [2.75, 3.05) is 25.0 Å². The summed E-state index contributed by atoms with van der Waals surface area (Å²) in [6.07, 6.45) is 1.84. The monoisotopic (exact) mass is 309 g/mol. The second-order valence-electron chi connectivity index (χ2n) is 5.08. The van der Waals surface area contributed by atoms with Crippen LogP contribution in [0.15, 0.2) is 18.2 Å². The van der Waals surface area contributed by atoms with Crippen LogP contribution in [0.25, 0.3) is 0 Å². The minimum Gasteiger partial charge on any atom is -0.352 e. The number of benzene rings is 1. The van der Waals surface area contributed by atoms with Crippen molar-refractivity contribution in [3.05, 3.63) is 28.8 Å². The molecule has 1 unspecified atom stereocenters. The standard InChI is InChI=1S/C15H20ClN3O2/c1-2-18-15(21)12-6-5-11(16)8-13(12)19-14(20)10-4-3-7-17-9-10/h5-6,8,10,17H,2-4,7,9H2,1H3,(H,18,21)(H,19,20). The molecule has 1 saturated heterocycles. The zero-order valence-electron chi connectivity index (χ0n) is 12.0. The van der Waals surface area contributed by atoms with Crippen molar-refractivity contribution in [1.29, 1.82) is 0 Å². The van der Waals surface area contributed by atoms with Gasteiger partial charge in [0.2, 0.25) is 5.91 Å². The van der Waals surface area contributed by atoms with Gasteiger partial charge in [0.15, 0.2) is 0 Å². The zero-order valence-corrected chi connectivity index (χ0v) is 12.8. The smallest absolute Gasteiger partial charge is 0.253 e. The third-order valence-corrected chi connectivity index (χ3v) is 3.72. The second-order valence-corrected chi connectivity index (χ2v) is 5.52. The first-order chi connectivity index (χ1) is 10.1. The first-order valence-electron chi connectivity index (χ1n) is 7.21. The van der Waals surface area contributed by atoms with Gasteiger partial charge in [0.25, 0.3) is 5.91 Å². The highest BCUT2D eigenvalue weighted by molar-refractivity contribution is 6.31. The molecule has 0 aliphatic carbocycles. The van der Waals surface area contributed by atoms with E-state index < -0.39 is 0 Å². The van der Waals surface area contributed by atoms with Gasteiger partial charge in [-0.05, 0) is 44.5 Å². The summed E-state index contributed by atoms with van der Waals surface area (Å²) in [7, 11) is 0. The molecule has 0 spiro atoms. The maximum absolute atomic E-state index is 12.3. The molecule has 1 fully saturated rings. The highest BCUT2D eigenvalue weighted by atomic mass is 35.5. The Balaban J connectivity index is 2.15. The molecule has 1 atom stereocenters. The van der Waals surface area contributed by atoms with Crippen LogP contribution in [0, 0.1) is 5.92 Å². The van der Waals surface area contributed by atoms with E-state index >= 15 is 0 Å². The third-order valence-electron chi connectivity index (χ3n) is 3.49. The van der Waals surface area contributed by atoms with Crippen molar-refractivity contribution >= 4 is 29.1 Å². The van der Waals surface area contributed by atoms with E-state index in [1.54, 1.807) is 18.2 Å². The molecule has 2 rings (SSSR count). The van der Waals surface area contributed by atoms with Crippen LogP contribution in [0.4, 0.5) is 5.69 Å². The van der Waals surface area contributed by atoms with Crippen LogP contribution in [0.1, 0.15) is 30.1 Å². The number of carbonyl (C=O) groups excluding carboxylic acids is 2. The summed E-state index contributed by atoms with van der Waals surface area (Å²) < 4.78 is 0. The molecular formula is C15H20ClN3O2. The normalized spacial score (nSPS) is 18.1. The number of hydrogen-bond acceptors (Lipinski definition) is 3. The Bertz CT molecular complexity index is 528. The van der Waals surface area contributed by atoms with Crippen LogP contribution in [-0.2, 0) is 4.79 Å². The average molecular weight is 310 g/mol. The largest absolute Gasteiger partial charge is 0.352 e. The van der Waals surface area contributed by atoms with Crippen molar-refractivity contribution < 1.29 is 9.59 Å². The molecule has 1 aromatic rings. The SMILES string of the molecule is CCNC(=O)c1ccc(Cl)cc1NC(=O)C1CCCNC1. The van der Waals surface area contributed by atoms with Gasteiger partial charge in [-0.1, -0.05) is 11.6 Å². The van der Waals surface area contributed by atoms with Gasteiger partial charge < -0.3 is 16.0 Å². The molecule has 1 aromatic carbocycles.